The van der Waals surface area contributed by atoms with Crippen molar-refractivity contribution in [3.05, 3.63) is 41.2 Å². The van der Waals surface area contributed by atoms with E-state index >= 15 is 0 Å². The van der Waals surface area contributed by atoms with Crippen molar-refractivity contribution in [1.82, 2.24) is 5.32 Å². The minimum absolute atomic E-state index is 0.0877. The highest BCUT2D eigenvalue weighted by molar-refractivity contribution is 5.97. The summed E-state index contributed by atoms with van der Waals surface area (Å²) in [6.07, 6.45) is 1.66. The molecule has 0 atom stereocenters. The number of nitrogens with one attached hydrogen (secondary N) is 1. The van der Waals surface area contributed by atoms with Gasteiger partial charge in [0.15, 0.2) is 0 Å². The lowest BCUT2D eigenvalue weighted by Crippen LogP contribution is -2.26. The number of hydrogen-bond acceptors (Lipinski definition) is 2. The van der Waals surface area contributed by atoms with E-state index in [1.807, 2.05) is 0 Å². The number of amides is 1. The van der Waals surface area contributed by atoms with Crippen LogP contribution in [-0.4, -0.2) is 24.2 Å². The summed E-state index contributed by atoms with van der Waals surface area (Å²) < 4.78 is 12.6. The van der Waals surface area contributed by atoms with Crippen molar-refractivity contribution >= 4 is 12.0 Å². The zero-order chi connectivity index (χ0) is 12.0. The van der Waals surface area contributed by atoms with Crippen LogP contribution in [0.15, 0.2) is 29.8 Å². The molecule has 0 saturated heterocycles. The zero-order valence-corrected chi connectivity index (χ0v) is 9.03. The minimum Gasteiger partial charge on any atom is -0.395 e. The second-order valence-corrected chi connectivity index (χ2v) is 3.36. The summed E-state index contributed by atoms with van der Waals surface area (Å²) in [4.78, 5) is 11.4. The van der Waals surface area contributed by atoms with Crippen molar-refractivity contribution < 1.29 is 14.3 Å². The van der Waals surface area contributed by atoms with Crippen molar-refractivity contribution in [1.29, 1.82) is 0 Å². The van der Waals surface area contributed by atoms with Crippen molar-refractivity contribution in [2.24, 2.45) is 0 Å². The number of aliphatic hydroxyl groups excluding tert-OH is 1. The Bertz CT molecular complexity index is 385. The standard InChI is InChI=1S/C12H14FNO2/c1-9(12(16)14-6-7-15)8-10-2-4-11(13)5-3-10/h2-5,8,15H,6-7H2,1H3,(H,14,16)/b9-8-. The molecule has 0 aliphatic heterocycles. The summed E-state index contributed by atoms with van der Waals surface area (Å²) in [5, 5.41) is 11.1. The molecule has 0 aromatic heterocycles. The first kappa shape index (κ1) is 12.4. The van der Waals surface area contributed by atoms with Crippen LogP contribution in [0.3, 0.4) is 0 Å². The van der Waals surface area contributed by atoms with E-state index in [1.165, 1.54) is 12.1 Å². The van der Waals surface area contributed by atoms with Gasteiger partial charge in [0.2, 0.25) is 5.91 Å². The molecule has 4 heteroatoms. The SMILES string of the molecule is C/C(=C/c1ccc(F)cc1)C(=O)NCCO. The van der Waals surface area contributed by atoms with Gasteiger partial charge in [-0.1, -0.05) is 12.1 Å². The first-order chi connectivity index (χ1) is 7.63. The van der Waals surface area contributed by atoms with Crippen LogP contribution in [0.25, 0.3) is 6.08 Å². The molecule has 0 fully saturated rings. The molecule has 1 aromatic rings. The average Bonchev–Trinajstić information content (AvgIpc) is 2.29. The van der Waals surface area contributed by atoms with Crippen molar-refractivity contribution in [2.75, 3.05) is 13.2 Å². The summed E-state index contributed by atoms with van der Waals surface area (Å²) >= 11 is 0. The topological polar surface area (TPSA) is 49.3 Å². The summed E-state index contributed by atoms with van der Waals surface area (Å²) in [6.45, 7) is 1.80. The van der Waals surface area contributed by atoms with Crippen LogP contribution in [-0.2, 0) is 4.79 Å². The van der Waals surface area contributed by atoms with Crippen LogP contribution < -0.4 is 5.32 Å². The number of rotatable bonds is 4. The normalized spacial score (nSPS) is 11.3. The molecule has 0 spiro atoms. The fourth-order valence-corrected chi connectivity index (χ4v) is 1.18. The third-order valence-corrected chi connectivity index (χ3v) is 2.01. The van der Waals surface area contributed by atoms with Crippen LogP contribution in [0.4, 0.5) is 4.39 Å². The maximum atomic E-state index is 12.6. The molecule has 0 bridgehead atoms. The Morgan fingerprint density at radius 3 is 2.62 bits per heavy atom. The largest absolute Gasteiger partial charge is 0.395 e. The molecular weight excluding hydrogens is 209 g/mol. The van der Waals surface area contributed by atoms with E-state index in [0.29, 0.717) is 5.57 Å². The van der Waals surface area contributed by atoms with Crippen LogP contribution in [0, 0.1) is 5.82 Å². The molecule has 1 rings (SSSR count). The molecule has 0 aliphatic carbocycles. The Balaban J connectivity index is 2.68. The Kier molecular flexibility index (Phi) is 4.66. The van der Waals surface area contributed by atoms with Gasteiger partial charge in [-0.05, 0) is 30.7 Å². The lowest BCUT2D eigenvalue weighted by molar-refractivity contribution is -0.117. The molecule has 0 saturated carbocycles. The Morgan fingerprint density at radius 1 is 1.44 bits per heavy atom. The second-order valence-electron chi connectivity index (χ2n) is 3.36. The highest BCUT2D eigenvalue weighted by Gasteiger charge is 2.02. The molecule has 1 aromatic carbocycles. The summed E-state index contributed by atoms with van der Waals surface area (Å²) in [5.41, 5.74) is 1.28. The predicted molar refractivity (Wildman–Crippen MR) is 60.1 cm³/mol. The van der Waals surface area contributed by atoms with Gasteiger partial charge < -0.3 is 10.4 Å². The van der Waals surface area contributed by atoms with E-state index in [-0.39, 0.29) is 24.9 Å². The number of carbonyl (C=O) groups excluding carboxylic acids is 1. The van der Waals surface area contributed by atoms with E-state index in [4.69, 9.17) is 5.11 Å². The number of carbonyl (C=O) groups is 1. The molecule has 0 unspecified atom stereocenters. The average molecular weight is 223 g/mol. The van der Waals surface area contributed by atoms with E-state index < -0.39 is 0 Å². The zero-order valence-electron chi connectivity index (χ0n) is 9.03. The molecule has 0 heterocycles. The summed E-state index contributed by atoms with van der Waals surface area (Å²) in [7, 11) is 0. The van der Waals surface area contributed by atoms with Gasteiger partial charge in [0.25, 0.3) is 0 Å². The lowest BCUT2D eigenvalue weighted by Gasteiger charge is -2.03. The number of aliphatic hydroxyl groups is 1. The molecular formula is C12H14FNO2. The van der Waals surface area contributed by atoms with Crippen molar-refractivity contribution in [3.63, 3.8) is 0 Å². The Labute approximate surface area is 93.6 Å². The lowest BCUT2D eigenvalue weighted by atomic mass is 10.1. The van der Waals surface area contributed by atoms with Gasteiger partial charge in [-0.25, -0.2) is 4.39 Å². The molecule has 3 nitrogen and oxygen atoms in total. The third-order valence-electron chi connectivity index (χ3n) is 2.01. The molecule has 2 N–H and O–H groups in total. The van der Waals surface area contributed by atoms with E-state index in [9.17, 15) is 9.18 Å². The van der Waals surface area contributed by atoms with Crippen LogP contribution >= 0.6 is 0 Å². The van der Waals surface area contributed by atoms with Gasteiger partial charge in [0, 0.05) is 12.1 Å². The molecule has 0 radical (unpaired) electrons. The van der Waals surface area contributed by atoms with Gasteiger partial charge in [-0.3, -0.25) is 4.79 Å². The quantitative estimate of drug-likeness (QED) is 0.757. The molecule has 86 valence electrons. The highest BCUT2D eigenvalue weighted by Crippen LogP contribution is 2.08. The Morgan fingerprint density at radius 2 is 2.06 bits per heavy atom. The van der Waals surface area contributed by atoms with Crippen LogP contribution in [0.2, 0.25) is 0 Å². The first-order valence-corrected chi connectivity index (χ1v) is 4.96. The first-order valence-electron chi connectivity index (χ1n) is 4.96. The molecule has 0 aliphatic rings. The fraction of sp³-hybridized carbons (Fsp3) is 0.250. The molecule has 1 amide bonds. The minimum atomic E-state index is -0.306. The summed E-state index contributed by atoms with van der Waals surface area (Å²) in [5.74, 6) is -0.544. The van der Waals surface area contributed by atoms with Crippen molar-refractivity contribution in [2.45, 2.75) is 6.92 Å². The monoisotopic (exact) mass is 223 g/mol. The van der Waals surface area contributed by atoms with Crippen molar-refractivity contribution in [3.8, 4) is 0 Å². The van der Waals surface area contributed by atoms with Gasteiger partial charge in [0.05, 0.1) is 6.61 Å². The maximum Gasteiger partial charge on any atom is 0.247 e. The second kappa shape index (κ2) is 6.02. The number of halogens is 1. The van der Waals surface area contributed by atoms with E-state index in [2.05, 4.69) is 5.32 Å². The van der Waals surface area contributed by atoms with Crippen LogP contribution in [0.5, 0.6) is 0 Å². The maximum absolute atomic E-state index is 12.6. The van der Waals surface area contributed by atoms with Gasteiger partial charge in [0.1, 0.15) is 5.82 Å². The number of hydrogen-bond donors (Lipinski definition) is 2. The highest BCUT2D eigenvalue weighted by atomic mass is 19.1. The fourth-order valence-electron chi connectivity index (χ4n) is 1.18. The smallest absolute Gasteiger partial charge is 0.247 e. The molecule has 16 heavy (non-hydrogen) atoms. The number of benzene rings is 1. The van der Waals surface area contributed by atoms with E-state index in [1.54, 1.807) is 25.1 Å². The van der Waals surface area contributed by atoms with E-state index in [0.717, 1.165) is 5.56 Å². The third kappa shape index (κ3) is 3.82. The Hall–Kier alpha value is -1.68. The van der Waals surface area contributed by atoms with Gasteiger partial charge >= 0.3 is 0 Å². The van der Waals surface area contributed by atoms with Gasteiger partial charge in [-0.2, -0.15) is 0 Å². The van der Waals surface area contributed by atoms with Gasteiger partial charge in [-0.15, -0.1) is 0 Å². The predicted octanol–water partition coefficient (Wildman–Crippen LogP) is 1.34. The summed E-state index contributed by atoms with van der Waals surface area (Å²) in [6, 6.07) is 5.87. The van der Waals surface area contributed by atoms with Crippen LogP contribution in [0.1, 0.15) is 12.5 Å².